The molecule has 1 heterocycles. The van der Waals surface area contributed by atoms with Crippen LogP contribution in [0, 0.1) is 5.92 Å². The molecule has 2 atom stereocenters. The predicted molar refractivity (Wildman–Crippen MR) is 127 cm³/mol. The van der Waals surface area contributed by atoms with Gasteiger partial charge in [-0.05, 0) is 52.1 Å². The van der Waals surface area contributed by atoms with Crippen molar-refractivity contribution in [2.75, 3.05) is 6.54 Å². The summed E-state index contributed by atoms with van der Waals surface area (Å²) in [5, 5.41) is 4.18. The molecule has 0 spiro atoms. The first kappa shape index (κ1) is 20.0. The number of nitrogens with zero attached hydrogens (tertiary/aromatic N) is 1. The summed E-state index contributed by atoms with van der Waals surface area (Å²) in [6.45, 7) is 4.65. The summed E-state index contributed by atoms with van der Waals surface area (Å²) >= 11 is 0. The number of hydrogen-bond acceptors (Lipinski definition) is 2. The smallest absolute Gasteiger partial charge is 0.207 e. The van der Waals surface area contributed by atoms with Crippen LogP contribution in [0.15, 0.2) is 101 Å². The molecule has 156 valence electrons. The topological polar surface area (TPSA) is 37.4 Å². The standard InChI is InChI=1S/C27H25NO2S/c1-19-16-27(26-13-7-11-22-9-5-6-12-25(22)26)28(18-20(19)2)31(29,30)24-15-14-21-8-3-4-10-23(21)17-24/h3-17,20,27H,18H2,1-2H3/t20-,27?/m0/s1. The van der Waals surface area contributed by atoms with Crippen molar-refractivity contribution in [2.24, 2.45) is 5.92 Å². The monoisotopic (exact) mass is 427 g/mol. The highest BCUT2D eigenvalue weighted by molar-refractivity contribution is 7.89. The van der Waals surface area contributed by atoms with E-state index >= 15 is 0 Å². The summed E-state index contributed by atoms with van der Waals surface area (Å²) in [6.07, 6.45) is 2.12. The van der Waals surface area contributed by atoms with Crippen LogP contribution in [0.1, 0.15) is 25.5 Å². The fraction of sp³-hybridized carbons (Fsp3) is 0.185. The zero-order valence-corrected chi connectivity index (χ0v) is 18.5. The van der Waals surface area contributed by atoms with Gasteiger partial charge in [-0.25, -0.2) is 8.42 Å². The normalized spacial score (nSPS) is 20.1. The number of hydrogen-bond donors (Lipinski definition) is 0. The van der Waals surface area contributed by atoms with E-state index in [0.29, 0.717) is 11.4 Å². The van der Waals surface area contributed by atoms with Gasteiger partial charge in [-0.15, -0.1) is 0 Å². The van der Waals surface area contributed by atoms with Crippen LogP contribution in [0.3, 0.4) is 0 Å². The van der Waals surface area contributed by atoms with E-state index in [0.717, 1.165) is 27.1 Å². The highest BCUT2D eigenvalue weighted by atomic mass is 32.2. The van der Waals surface area contributed by atoms with E-state index in [1.807, 2.05) is 48.5 Å². The molecule has 4 aromatic rings. The first-order valence-corrected chi connectivity index (χ1v) is 12.1. The molecule has 0 N–H and O–H groups in total. The lowest BCUT2D eigenvalue weighted by Gasteiger charge is -2.37. The Bertz CT molecular complexity index is 1420. The lowest BCUT2D eigenvalue weighted by Crippen LogP contribution is -2.40. The largest absolute Gasteiger partial charge is 0.243 e. The highest BCUT2D eigenvalue weighted by Gasteiger charge is 2.36. The van der Waals surface area contributed by atoms with Gasteiger partial charge in [0, 0.05) is 6.54 Å². The molecule has 0 amide bonds. The zero-order valence-electron chi connectivity index (χ0n) is 17.7. The van der Waals surface area contributed by atoms with Gasteiger partial charge in [0.2, 0.25) is 10.0 Å². The highest BCUT2D eigenvalue weighted by Crippen LogP contribution is 2.39. The van der Waals surface area contributed by atoms with Crippen LogP contribution in [0.4, 0.5) is 0 Å². The van der Waals surface area contributed by atoms with Crippen molar-refractivity contribution in [3.63, 3.8) is 0 Å². The maximum atomic E-state index is 13.9. The number of fused-ring (bicyclic) bond motifs is 2. The summed E-state index contributed by atoms with van der Waals surface area (Å²) in [4.78, 5) is 0.344. The molecular weight excluding hydrogens is 402 g/mol. The Morgan fingerprint density at radius 3 is 2.29 bits per heavy atom. The Labute approximate surface area is 183 Å². The average Bonchev–Trinajstić information content (AvgIpc) is 2.80. The van der Waals surface area contributed by atoms with Gasteiger partial charge in [-0.2, -0.15) is 4.31 Å². The molecule has 0 bridgehead atoms. The van der Waals surface area contributed by atoms with Gasteiger partial charge < -0.3 is 0 Å². The molecule has 0 radical (unpaired) electrons. The molecule has 31 heavy (non-hydrogen) atoms. The van der Waals surface area contributed by atoms with Gasteiger partial charge in [0.15, 0.2) is 0 Å². The molecule has 1 unspecified atom stereocenters. The van der Waals surface area contributed by atoms with Crippen molar-refractivity contribution in [2.45, 2.75) is 24.8 Å². The van der Waals surface area contributed by atoms with E-state index in [1.54, 1.807) is 16.4 Å². The van der Waals surface area contributed by atoms with Crippen molar-refractivity contribution in [1.29, 1.82) is 0 Å². The molecular formula is C27H25NO2S. The molecule has 3 nitrogen and oxygen atoms in total. The van der Waals surface area contributed by atoms with Crippen molar-refractivity contribution < 1.29 is 8.42 Å². The minimum Gasteiger partial charge on any atom is -0.207 e. The Morgan fingerprint density at radius 1 is 0.806 bits per heavy atom. The average molecular weight is 428 g/mol. The Kier molecular flexibility index (Phi) is 4.92. The first-order chi connectivity index (χ1) is 14.9. The van der Waals surface area contributed by atoms with Gasteiger partial charge >= 0.3 is 0 Å². The fourth-order valence-electron chi connectivity index (χ4n) is 4.49. The van der Waals surface area contributed by atoms with Gasteiger partial charge in [0.1, 0.15) is 0 Å². The fourth-order valence-corrected chi connectivity index (χ4v) is 6.17. The third-order valence-corrected chi connectivity index (χ3v) is 8.27. The molecule has 1 aliphatic heterocycles. The van der Waals surface area contributed by atoms with E-state index in [-0.39, 0.29) is 12.0 Å². The van der Waals surface area contributed by atoms with Crippen LogP contribution in [0.25, 0.3) is 21.5 Å². The Morgan fingerprint density at radius 2 is 1.48 bits per heavy atom. The molecule has 0 saturated carbocycles. The first-order valence-electron chi connectivity index (χ1n) is 10.6. The van der Waals surface area contributed by atoms with Gasteiger partial charge in [-0.1, -0.05) is 91.4 Å². The third kappa shape index (κ3) is 3.46. The quantitative estimate of drug-likeness (QED) is 0.359. The summed E-state index contributed by atoms with van der Waals surface area (Å²) in [5.74, 6) is 0.168. The molecule has 0 aliphatic carbocycles. The minimum absolute atomic E-state index is 0.168. The number of benzene rings is 4. The van der Waals surface area contributed by atoms with E-state index in [2.05, 4.69) is 44.2 Å². The third-order valence-electron chi connectivity index (χ3n) is 6.43. The maximum absolute atomic E-state index is 13.9. The van der Waals surface area contributed by atoms with Crippen molar-refractivity contribution in [1.82, 2.24) is 4.31 Å². The predicted octanol–water partition coefficient (Wildman–Crippen LogP) is 6.32. The summed E-state index contributed by atoms with van der Waals surface area (Å²) < 4.78 is 29.5. The van der Waals surface area contributed by atoms with Crippen LogP contribution in [0.5, 0.6) is 0 Å². The molecule has 4 heteroatoms. The second-order valence-electron chi connectivity index (χ2n) is 8.41. The SMILES string of the molecule is CC1=CC(c2cccc3ccccc23)N(S(=O)(=O)c2ccc3ccccc3c2)C[C@@H]1C. The van der Waals surface area contributed by atoms with Gasteiger partial charge in [0.25, 0.3) is 0 Å². The van der Waals surface area contributed by atoms with E-state index < -0.39 is 10.0 Å². The van der Waals surface area contributed by atoms with Gasteiger partial charge in [-0.3, -0.25) is 0 Å². The maximum Gasteiger partial charge on any atom is 0.243 e. The van der Waals surface area contributed by atoms with E-state index in [4.69, 9.17) is 0 Å². The second-order valence-corrected chi connectivity index (χ2v) is 10.3. The van der Waals surface area contributed by atoms with Crippen LogP contribution in [-0.2, 0) is 10.0 Å². The van der Waals surface area contributed by atoms with Crippen LogP contribution >= 0.6 is 0 Å². The van der Waals surface area contributed by atoms with Crippen LogP contribution in [-0.4, -0.2) is 19.3 Å². The lowest BCUT2D eigenvalue weighted by atomic mass is 9.90. The molecule has 1 aliphatic rings. The number of rotatable bonds is 3. The molecule has 0 fully saturated rings. The summed E-state index contributed by atoms with van der Waals surface area (Å²) in [6, 6.07) is 27.2. The zero-order chi connectivity index (χ0) is 21.6. The molecule has 5 rings (SSSR count). The number of sulfonamides is 1. The second kappa shape index (κ2) is 7.63. The lowest BCUT2D eigenvalue weighted by molar-refractivity contribution is 0.316. The van der Waals surface area contributed by atoms with Crippen LogP contribution in [0.2, 0.25) is 0 Å². The molecule has 4 aromatic carbocycles. The van der Waals surface area contributed by atoms with E-state index in [9.17, 15) is 8.42 Å². The molecule has 0 saturated heterocycles. The van der Waals surface area contributed by atoms with Crippen molar-refractivity contribution in [3.8, 4) is 0 Å². The van der Waals surface area contributed by atoms with E-state index in [1.165, 1.54) is 5.57 Å². The Balaban J connectivity index is 1.68. The van der Waals surface area contributed by atoms with Crippen molar-refractivity contribution >= 4 is 31.6 Å². The Hall–Kier alpha value is -2.95. The summed E-state index contributed by atoms with van der Waals surface area (Å²) in [5.41, 5.74) is 2.25. The van der Waals surface area contributed by atoms with Crippen LogP contribution < -0.4 is 0 Å². The van der Waals surface area contributed by atoms with Crippen molar-refractivity contribution in [3.05, 3.63) is 102 Å². The minimum atomic E-state index is -3.69. The molecule has 0 aromatic heterocycles. The summed E-state index contributed by atoms with van der Waals surface area (Å²) in [7, 11) is -3.69. The van der Waals surface area contributed by atoms with Gasteiger partial charge in [0.05, 0.1) is 10.9 Å².